The normalized spacial score (nSPS) is 10.9. The van der Waals surface area contributed by atoms with Gasteiger partial charge in [0.1, 0.15) is 0 Å². The van der Waals surface area contributed by atoms with Crippen LogP contribution in [0.15, 0.2) is 200 Å². The van der Waals surface area contributed by atoms with Crippen LogP contribution in [0.4, 0.5) is 17.1 Å². The Morgan fingerprint density at radius 3 is 1.29 bits per heavy atom. The van der Waals surface area contributed by atoms with Crippen LogP contribution in [0.1, 0.15) is 11.1 Å². The number of para-hydroxylation sites is 1. The molecule has 0 saturated carbocycles. The van der Waals surface area contributed by atoms with Crippen LogP contribution < -0.4 is 4.90 Å². The lowest BCUT2D eigenvalue weighted by atomic mass is 9.90. The first-order valence-corrected chi connectivity index (χ1v) is 17.6. The van der Waals surface area contributed by atoms with Crippen LogP contribution in [0.5, 0.6) is 0 Å². The van der Waals surface area contributed by atoms with E-state index in [1.54, 1.807) is 0 Å². The molecule has 0 aromatic heterocycles. The van der Waals surface area contributed by atoms with Crippen molar-refractivity contribution in [3.8, 4) is 55.6 Å². The van der Waals surface area contributed by atoms with E-state index in [-0.39, 0.29) is 0 Å². The molecule has 8 aromatic rings. The fraction of sp³-hybridized carbons (Fsp3) is 0.0400. The van der Waals surface area contributed by atoms with Gasteiger partial charge in [0.2, 0.25) is 0 Å². The highest BCUT2D eigenvalue weighted by atomic mass is 15.1. The average Bonchev–Trinajstić information content (AvgIpc) is 3.20. The number of benzene rings is 8. The molecule has 0 N–H and O–H groups in total. The number of hydrogen-bond donors (Lipinski definition) is 0. The van der Waals surface area contributed by atoms with E-state index in [0.717, 1.165) is 17.1 Å². The van der Waals surface area contributed by atoms with Crippen molar-refractivity contribution < 1.29 is 0 Å². The molecule has 1 heteroatoms. The highest BCUT2D eigenvalue weighted by molar-refractivity contribution is 5.93. The van der Waals surface area contributed by atoms with E-state index in [4.69, 9.17) is 0 Å². The lowest BCUT2D eigenvalue weighted by Crippen LogP contribution is -2.12. The van der Waals surface area contributed by atoms with Crippen molar-refractivity contribution in [2.24, 2.45) is 0 Å². The van der Waals surface area contributed by atoms with Crippen LogP contribution in [0, 0.1) is 13.8 Å². The Balaban J connectivity index is 1.36. The van der Waals surface area contributed by atoms with Crippen LogP contribution >= 0.6 is 0 Å². The number of nitrogens with zero attached hydrogens (tertiary/aromatic N) is 1. The topological polar surface area (TPSA) is 3.24 Å². The summed E-state index contributed by atoms with van der Waals surface area (Å²) in [5.74, 6) is 0. The second-order valence-corrected chi connectivity index (χ2v) is 13.1. The van der Waals surface area contributed by atoms with Gasteiger partial charge in [-0.2, -0.15) is 0 Å². The summed E-state index contributed by atoms with van der Waals surface area (Å²) in [6, 6.07) is 72.2. The first kappa shape index (κ1) is 31.8. The predicted octanol–water partition coefficient (Wildman–Crippen LogP) is 14.1. The molecule has 8 aromatic carbocycles. The van der Waals surface area contributed by atoms with E-state index >= 15 is 0 Å². The standard InChI is InChI=1S/C50H39N/c1-36-17-12-13-24-46(36)47-26-16-27-48(37(47)2)49-25-14-15-28-50(49)51(44-31-29-41(30-32-44)38-18-6-3-7-19-38)45-34-42(39-20-8-4-9-21-39)33-43(35-45)40-22-10-5-11-23-40/h3-35H,1-2H3. The minimum atomic E-state index is 1.10. The minimum Gasteiger partial charge on any atom is -0.310 e. The molecule has 0 fully saturated rings. The van der Waals surface area contributed by atoms with E-state index < -0.39 is 0 Å². The SMILES string of the molecule is Cc1ccccc1-c1cccc(-c2ccccc2N(c2ccc(-c3ccccc3)cc2)c2cc(-c3ccccc3)cc(-c3ccccc3)c2)c1C. The van der Waals surface area contributed by atoms with Gasteiger partial charge in [0.25, 0.3) is 0 Å². The summed E-state index contributed by atoms with van der Waals surface area (Å²) >= 11 is 0. The monoisotopic (exact) mass is 653 g/mol. The van der Waals surface area contributed by atoms with E-state index in [1.807, 2.05) is 0 Å². The van der Waals surface area contributed by atoms with Gasteiger partial charge in [-0.15, -0.1) is 0 Å². The maximum absolute atomic E-state index is 2.43. The summed E-state index contributed by atoms with van der Waals surface area (Å²) in [6.45, 7) is 4.46. The molecule has 0 heterocycles. The molecule has 0 bridgehead atoms. The van der Waals surface area contributed by atoms with Gasteiger partial charge in [0, 0.05) is 16.9 Å². The zero-order chi connectivity index (χ0) is 34.6. The Morgan fingerprint density at radius 1 is 0.294 bits per heavy atom. The molecule has 0 saturated heterocycles. The first-order chi connectivity index (χ1) is 25.1. The Hall–Kier alpha value is -6.44. The molecular formula is C50H39N. The second-order valence-electron chi connectivity index (χ2n) is 13.1. The molecule has 0 aliphatic rings. The van der Waals surface area contributed by atoms with Crippen molar-refractivity contribution in [1.82, 2.24) is 0 Å². The molecule has 0 amide bonds. The van der Waals surface area contributed by atoms with E-state index in [2.05, 4.69) is 219 Å². The van der Waals surface area contributed by atoms with Gasteiger partial charge in [0.15, 0.2) is 0 Å². The van der Waals surface area contributed by atoms with E-state index in [0.29, 0.717) is 0 Å². The van der Waals surface area contributed by atoms with Crippen LogP contribution in [-0.2, 0) is 0 Å². The number of hydrogen-bond acceptors (Lipinski definition) is 1. The largest absolute Gasteiger partial charge is 0.310 e. The fourth-order valence-electron chi connectivity index (χ4n) is 7.19. The van der Waals surface area contributed by atoms with Gasteiger partial charge in [-0.05, 0) is 111 Å². The summed E-state index contributed by atoms with van der Waals surface area (Å²) in [7, 11) is 0. The highest BCUT2D eigenvalue weighted by Crippen LogP contribution is 2.45. The summed E-state index contributed by atoms with van der Waals surface area (Å²) in [6.07, 6.45) is 0. The lowest BCUT2D eigenvalue weighted by Gasteiger charge is -2.29. The van der Waals surface area contributed by atoms with E-state index in [1.165, 1.54) is 66.8 Å². The third kappa shape index (κ3) is 6.50. The molecular weight excluding hydrogens is 615 g/mol. The maximum atomic E-state index is 2.43. The summed E-state index contributed by atoms with van der Waals surface area (Å²) < 4.78 is 0. The van der Waals surface area contributed by atoms with Gasteiger partial charge in [-0.1, -0.05) is 164 Å². The Kier molecular flexibility index (Phi) is 8.85. The zero-order valence-electron chi connectivity index (χ0n) is 29.0. The predicted molar refractivity (Wildman–Crippen MR) is 218 cm³/mol. The molecule has 0 spiro atoms. The highest BCUT2D eigenvalue weighted by Gasteiger charge is 2.21. The Bertz CT molecular complexity index is 2350. The molecule has 0 aliphatic heterocycles. The number of rotatable bonds is 8. The van der Waals surface area contributed by atoms with Crippen molar-refractivity contribution in [2.45, 2.75) is 13.8 Å². The number of aryl methyl sites for hydroxylation is 1. The van der Waals surface area contributed by atoms with Crippen molar-refractivity contribution in [2.75, 3.05) is 4.90 Å². The summed E-state index contributed by atoms with van der Waals surface area (Å²) in [5, 5.41) is 0. The third-order valence-electron chi connectivity index (χ3n) is 9.83. The maximum Gasteiger partial charge on any atom is 0.0540 e. The van der Waals surface area contributed by atoms with Crippen molar-refractivity contribution in [3.05, 3.63) is 211 Å². The van der Waals surface area contributed by atoms with Gasteiger partial charge in [0.05, 0.1) is 5.69 Å². The molecule has 1 nitrogen and oxygen atoms in total. The van der Waals surface area contributed by atoms with E-state index in [9.17, 15) is 0 Å². The smallest absolute Gasteiger partial charge is 0.0540 e. The van der Waals surface area contributed by atoms with Crippen LogP contribution in [0.25, 0.3) is 55.6 Å². The van der Waals surface area contributed by atoms with Crippen LogP contribution in [0.2, 0.25) is 0 Å². The van der Waals surface area contributed by atoms with Gasteiger partial charge < -0.3 is 4.90 Å². The second kappa shape index (κ2) is 14.2. The molecule has 244 valence electrons. The lowest BCUT2D eigenvalue weighted by molar-refractivity contribution is 1.28. The number of anilines is 3. The van der Waals surface area contributed by atoms with Crippen LogP contribution in [-0.4, -0.2) is 0 Å². The van der Waals surface area contributed by atoms with Crippen molar-refractivity contribution in [1.29, 1.82) is 0 Å². The summed E-state index contributed by atoms with van der Waals surface area (Å²) in [4.78, 5) is 2.43. The molecule has 0 radical (unpaired) electrons. The minimum absolute atomic E-state index is 1.10. The quantitative estimate of drug-likeness (QED) is 0.158. The summed E-state index contributed by atoms with van der Waals surface area (Å²) in [5.41, 5.74) is 17.9. The zero-order valence-corrected chi connectivity index (χ0v) is 29.0. The van der Waals surface area contributed by atoms with Gasteiger partial charge >= 0.3 is 0 Å². The molecule has 0 atom stereocenters. The van der Waals surface area contributed by atoms with Gasteiger partial charge in [-0.3, -0.25) is 0 Å². The fourth-order valence-corrected chi connectivity index (χ4v) is 7.19. The molecule has 0 aliphatic carbocycles. The molecule has 8 rings (SSSR count). The Labute approximate surface area is 301 Å². The molecule has 0 unspecified atom stereocenters. The van der Waals surface area contributed by atoms with Crippen LogP contribution in [0.3, 0.4) is 0 Å². The van der Waals surface area contributed by atoms with Gasteiger partial charge in [-0.25, -0.2) is 0 Å². The van der Waals surface area contributed by atoms with Crippen molar-refractivity contribution >= 4 is 17.1 Å². The third-order valence-corrected chi connectivity index (χ3v) is 9.83. The first-order valence-electron chi connectivity index (χ1n) is 17.6. The average molecular weight is 654 g/mol. The Morgan fingerprint density at radius 2 is 0.725 bits per heavy atom. The van der Waals surface area contributed by atoms with Crippen molar-refractivity contribution in [3.63, 3.8) is 0 Å². The molecule has 51 heavy (non-hydrogen) atoms.